The van der Waals surface area contributed by atoms with Gasteiger partial charge in [-0.15, -0.1) is 0 Å². The van der Waals surface area contributed by atoms with E-state index in [1.54, 1.807) is 6.92 Å². The number of aliphatic hydroxyl groups excluding tert-OH is 5. The second kappa shape index (κ2) is 9.74. The fourth-order valence-electron chi connectivity index (χ4n) is 12.8. The zero-order chi connectivity index (χ0) is 31.9. The van der Waals surface area contributed by atoms with Crippen LogP contribution >= 0.6 is 0 Å². The number of fused-ring (bicyclic) bond motifs is 4. The van der Waals surface area contributed by atoms with Crippen molar-refractivity contribution in [2.45, 2.75) is 148 Å². The summed E-state index contributed by atoms with van der Waals surface area (Å²) in [7, 11) is 0. The van der Waals surface area contributed by atoms with E-state index < -0.39 is 36.1 Å². The Morgan fingerprint density at radius 1 is 0.841 bits per heavy atom. The maximum Gasteiger partial charge on any atom is 0.186 e. The van der Waals surface area contributed by atoms with Crippen LogP contribution in [0, 0.1) is 50.2 Å². The van der Waals surface area contributed by atoms with Crippen molar-refractivity contribution in [3.63, 3.8) is 0 Å². The molecular formula is C36H58O8. The lowest BCUT2D eigenvalue weighted by atomic mass is 9.32. The number of aliphatic hydroxyl groups is 5. The first-order chi connectivity index (χ1) is 20.4. The van der Waals surface area contributed by atoms with Crippen molar-refractivity contribution < 1.29 is 39.7 Å². The molecule has 0 aromatic heterocycles. The summed E-state index contributed by atoms with van der Waals surface area (Å²) >= 11 is 0. The molecule has 0 aromatic rings. The molecule has 5 N–H and O–H groups in total. The fourth-order valence-corrected chi connectivity index (χ4v) is 12.8. The number of ether oxygens (including phenoxy) is 3. The molecule has 6 fully saturated rings. The van der Waals surface area contributed by atoms with Crippen molar-refractivity contribution in [3.05, 3.63) is 12.2 Å². The third-order valence-corrected chi connectivity index (χ3v) is 15.8. The van der Waals surface area contributed by atoms with Crippen LogP contribution < -0.4 is 0 Å². The predicted octanol–water partition coefficient (Wildman–Crippen LogP) is 3.95. The molecule has 0 aromatic carbocycles. The molecule has 2 heterocycles. The van der Waals surface area contributed by atoms with Gasteiger partial charge in [0.25, 0.3) is 0 Å². The molecule has 1 spiro atoms. The van der Waals surface area contributed by atoms with Crippen molar-refractivity contribution in [1.82, 2.24) is 0 Å². The van der Waals surface area contributed by atoms with E-state index >= 15 is 0 Å². The molecule has 2 saturated heterocycles. The Balaban J connectivity index is 1.23. The van der Waals surface area contributed by atoms with Gasteiger partial charge in [-0.1, -0.05) is 53.7 Å². The lowest BCUT2D eigenvalue weighted by Crippen LogP contribution is -2.72. The van der Waals surface area contributed by atoms with Crippen LogP contribution in [0.5, 0.6) is 0 Å². The topological polar surface area (TPSA) is 129 Å². The third-order valence-electron chi connectivity index (χ3n) is 15.8. The zero-order valence-electron chi connectivity index (χ0n) is 28.0. The van der Waals surface area contributed by atoms with Crippen LogP contribution in [0.1, 0.15) is 99.8 Å². The normalized spacial score (nSPS) is 61.0. The highest BCUT2D eigenvalue weighted by Gasteiger charge is 2.79. The summed E-state index contributed by atoms with van der Waals surface area (Å²) in [5.74, 6) is 0.695. The molecule has 0 amide bonds. The molecule has 8 nitrogen and oxygen atoms in total. The lowest BCUT2D eigenvalue weighted by Gasteiger charge is -2.73. The molecule has 5 aliphatic carbocycles. The highest BCUT2D eigenvalue weighted by atomic mass is 16.7. The minimum atomic E-state index is -1.37. The third kappa shape index (κ3) is 3.75. The molecule has 2 unspecified atom stereocenters. The van der Waals surface area contributed by atoms with Crippen molar-refractivity contribution in [1.29, 1.82) is 0 Å². The molecule has 4 saturated carbocycles. The predicted molar refractivity (Wildman–Crippen MR) is 164 cm³/mol. The summed E-state index contributed by atoms with van der Waals surface area (Å²) in [5, 5.41) is 54.4. The van der Waals surface area contributed by atoms with Crippen LogP contribution in [0.2, 0.25) is 0 Å². The molecular weight excluding hydrogens is 560 g/mol. The summed E-state index contributed by atoms with van der Waals surface area (Å²) in [4.78, 5) is 0. The van der Waals surface area contributed by atoms with Gasteiger partial charge >= 0.3 is 0 Å². The quantitative estimate of drug-likeness (QED) is 0.238. The van der Waals surface area contributed by atoms with Gasteiger partial charge in [-0.05, 0) is 86.4 Å². The highest BCUT2D eigenvalue weighted by Crippen LogP contribution is 2.79. The Bertz CT molecular complexity index is 1190. The maximum absolute atomic E-state index is 12.0. The van der Waals surface area contributed by atoms with E-state index in [4.69, 9.17) is 14.2 Å². The molecule has 7 rings (SSSR count). The van der Waals surface area contributed by atoms with Crippen molar-refractivity contribution in [2.75, 3.05) is 13.2 Å². The number of hydrogen-bond donors (Lipinski definition) is 5. The Morgan fingerprint density at radius 2 is 1.57 bits per heavy atom. The van der Waals surface area contributed by atoms with Crippen LogP contribution in [0.15, 0.2) is 12.2 Å². The standard InChI is InChI=1S/C36H58O8/c1-20-26(39)27(40)28(41)29(43-20)44-25-10-11-31(4)21(32(25,5)18-37)8-12-33(6)22(31)9-13-36-23-16-30(2,3)14-15-35(23,19-42-36)24(38)17-34(33,36)7/h9,13,20-29,37-41H,8,10-12,14-19H2,1-7H3/t20-,21?,22?,23-,24-,25+,26+,27+,28-,29+,31+,32+,33-,34+,35-,36+/m0/s1. The van der Waals surface area contributed by atoms with Crippen LogP contribution in [0.3, 0.4) is 0 Å². The van der Waals surface area contributed by atoms with E-state index in [0.717, 1.165) is 44.9 Å². The summed E-state index contributed by atoms with van der Waals surface area (Å²) in [6.07, 6.45) is 5.98. The fraction of sp³-hybridized carbons (Fsp3) is 0.944. The van der Waals surface area contributed by atoms with Gasteiger partial charge in [-0.25, -0.2) is 0 Å². The van der Waals surface area contributed by atoms with Crippen molar-refractivity contribution in [3.8, 4) is 0 Å². The maximum atomic E-state index is 12.0. The molecule has 2 aliphatic heterocycles. The van der Waals surface area contributed by atoms with E-state index in [0.29, 0.717) is 18.9 Å². The van der Waals surface area contributed by atoms with Gasteiger partial charge in [0.15, 0.2) is 6.29 Å². The van der Waals surface area contributed by atoms with Crippen LogP contribution in [-0.4, -0.2) is 87.3 Å². The summed E-state index contributed by atoms with van der Waals surface area (Å²) in [6, 6.07) is 0. The lowest BCUT2D eigenvalue weighted by molar-refractivity contribution is -0.329. The second-order valence-electron chi connectivity index (χ2n) is 18.1. The minimum absolute atomic E-state index is 0.0582. The van der Waals surface area contributed by atoms with Crippen LogP contribution in [0.25, 0.3) is 0 Å². The van der Waals surface area contributed by atoms with Gasteiger partial charge < -0.3 is 39.7 Å². The van der Waals surface area contributed by atoms with Gasteiger partial charge in [-0.2, -0.15) is 0 Å². The largest absolute Gasteiger partial charge is 0.396 e. The van der Waals surface area contributed by atoms with E-state index in [1.807, 2.05) is 0 Å². The zero-order valence-corrected chi connectivity index (χ0v) is 28.0. The van der Waals surface area contributed by atoms with Gasteiger partial charge in [-0.3, -0.25) is 0 Å². The highest BCUT2D eigenvalue weighted by molar-refractivity contribution is 5.36. The molecule has 2 bridgehead atoms. The van der Waals surface area contributed by atoms with Crippen molar-refractivity contribution >= 4 is 0 Å². The van der Waals surface area contributed by atoms with Gasteiger partial charge in [0, 0.05) is 22.2 Å². The Hall–Kier alpha value is -0.580. The number of hydrogen-bond acceptors (Lipinski definition) is 8. The van der Waals surface area contributed by atoms with Crippen molar-refractivity contribution in [2.24, 2.45) is 50.2 Å². The first-order valence-electron chi connectivity index (χ1n) is 17.4. The first-order valence-corrected chi connectivity index (χ1v) is 17.4. The smallest absolute Gasteiger partial charge is 0.186 e. The monoisotopic (exact) mass is 618 g/mol. The van der Waals surface area contributed by atoms with E-state index in [-0.39, 0.29) is 63.3 Å². The van der Waals surface area contributed by atoms with Crippen LogP contribution in [0.4, 0.5) is 0 Å². The Morgan fingerprint density at radius 3 is 2.27 bits per heavy atom. The molecule has 7 aliphatic rings. The van der Waals surface area contributed by atoms with E-state index in [9.17, 15) is 25.5 Å². The Labute approximate surface area is 263 Å². The summed E-state index contributed by atoms with van der Waals surface area (Å²) < 4.78 is 19.4. The minimum Gasteiger partial charge on any atom is -0.396 e. The molecule has 8 heteroatoms. The van der Waals surface area contributed by atoms with Gasteiger partial charge in [0.1, 0.15) is 18.3 Å². The Kier molecular flexibility index (Phi) is 7.08. The van der Waals surface area contributed by atoms with Crippen LogP contribution in [-0.2, 0) is 14.2 Å². The average molecular weight is 619 g/mol. The van der Waals surface area contributed by atoms with E-state index in [2.05, 4.69) is 53.7 Å². The SMILES string of the molecule is C[C@@H]1O[C@H](O[C@@H]2CC[C@@]3(C)C4C=C[C@@]56OC[C@]7(CCC(C)(C)C[C@@H]75)[C@@H](O)C[C@]6(C)[C@@]4(C)CCC3[C@@]2(C)CO)[C@@H](O)[C@H](O)[C@@H]1O. The average Bonchev–Trinajstić information content (AvgIpc) is 3.24. The first kappa shape index (κ1) is 32.0. The van der Waals surface area contributed by atoms with E-state index in [1.165, 1.54) is 0 Å². The van der Waals surface area contributed by atoms with Gasteiger partial charge in [0.2, 0.25) is 0 Å². The molecule has 250 valence electrons. The number of rotatable bonds is 3. The van der Waals surface area contributed by atoms with Gasteiger partial charge in [0.05, 0.1) is 37.1 Å². The molecule has 16 atom stereocenters. The second-order valence-corrected chi connectivity index (χ2v) is 18.1. The molecule has 0 radical (unpaired) electrons. The molecule has 44 heavy (non-hydrogen) atoms. The summed E-state index contributed by atoms with van der Waals surface area (Å²) in [6.45, 7) is 16.4. The summed E-state index contributed by atoms with van der Waals surface area (Å²) in [5.41, 5.74) is -1.36. The number of allylic oxidation sites excluding steroid dienone is 1.